The molecule has 3 aromatic heterocycles. The van der Waals surface area contributed by atoms with Crippen LogP contribution in [0.25, 0.3) is 27.7 Å². The number of carbonyl (C=O) groups excluding carboxylic acids is 2. The van der Waals surface area contributed by atoms with E-state index < -0.39 is 60.1 Å². The Morgan fingerprint density at radius 1 is 0.987 bits per heavy atom. The largest absolute Gasteiger partial charge is 0.468 e. The lowest BCUT2D eigenvalue weighted by molar-refractivity contribution is -0.384. The normalized spacial score (nSPS) is 19.4. The topological polar surface area (TPSA) is 209 Å². The molecule has 1 amide bonds. The molecule has 76 heavy (non-hydrogen) atoms. The van der Waals surface area contributed by atoms with E-state index in [4.69, 9.17) is 9.47 Å². The molecule has 4 heterocycles. The summed E-state index contributed by atoms with van der Waals surface area (Å²) in [7, 11) is -3.39. The summed E-state index contributed by atoms with van der Waals surface area (Å²) in [6.45, 7) is 13.1. The number of hydrogen-bond acceptors (Lipinski definition) is 14. The molecule has 0 bridgehead atoms. The summed E-state index contributed by atoms with van der Waals surface area (Å²) in [5, 5.41) is 28.2. The molecule has 9 rings (SSSR count). The van der Waals surface area contributed by atoms with E-state index in [-0.39, 0.29) is 39.5 Å². The van der Waals surface area contributed by atoms with E-state index in [0.29, 0.717) is 69.1 Å². The number of fused-ring (bicyclic) bond motifs is 1. The third-order valence-electron chi connectivity index (χ3n) is 15.3. The molecule has 0 atom stereocenters. The highest BCUT2D eigenvalue weighted by molar-refractivity contribution is 7.90. The molecule has 16 nitrogen and oxygen atoms in total. The Kier molecular flexibility index (Phi) is 15.2. The van der Waals surface area contributed by atoms with Gasteiger partial charge in [-0.05, 0) is 154 Å². The number of ether oxygens (including phenoxy) is 2. The highest BCUT2D eigenvalue weighted by Crippen LogP contribution is 2.46. The number of halogens is 2. The Hall–Kier alpha value is -6.74. The molecule has 6 aromatic rings. The summed E-state index contributed by atoms with van der Waals surface area (Å²) >= 11 is 1.46. The Bertz CT molecular complexity index is 3330. The third kappa shape index (κ3) is 11.8. The molecular weight excluding hydrogens is 1020 g/mol. The van der Waals surface area contributed by atoms with Crippen molar-refractivity contribution in [3.8, 4) is 22.6 Å². The van der Waals surface area contributed by atoms with Gasteiger partial charge in [0.2, 0.25) is 0 Å². The van der Waals surface area contributed by atoms with Gasteiger partial charge < -0.3 is 29.8 Å². The summed E-state index contributed by atoms with van der Waals surface area (Å²) in [4.78, 5) is 50.5. The molecule has 0 unspecified atom stereocenters. The van der Waals surface area contributed by atoms with Crippen molar-refractivity contribution in [2.45, 2.75) is 95.5 Å². The number of thiophene rings is 1. The number of nitrogens with one attached hydrogen (secondary N) is 3. The number of nitro groups is 1. The number of sulfonamides is 1. The van der Waals surface area contributed by atoms with Crippen LogP contribution < -0.4 is 19.7 Å². The van der Waals surface area contributed by atoms with Gasteiger partial charge in [-0.25, -0.2) is 26.9 Å². The van der Waals surface area contributed by atoms with E-state index in [1.54, 1.807) is 50.5 Å². The lowest BCUT2D eigenvalue weighted by Crippen LogP contribution is -2.47. The van der Waals surface area contributed by atoms with Gasteiger partial charge in [0.25, 0.3) is 21.6 Å². The number of methoxy groups -OCH3 is 1. The summed E-state index contributed by atoms with van der Waals surface area (Å²) in [5.74, 6) is -2.57. The van der Waals surface area contributed by atoms with Crippen LogP contribution in [0.2, 0.25) is 0 Å². The number of anilines is 2. The number of nitro benzene ring substituents is 1. The molecule has 402 valence electrons. The maximum Gasteiger partial charge on any atom is 0.315 e. The van der Waals surface area contributed by atoms with E-state index in [1.807, 2.05) is 12.1 Å². The Balaban J connectivity index is 0.916. The minimum atomic E-state index is -4.64. The van der Waals surface area contributed by atoms with Crippen LogP contribution in [0.15, 0.2) is 95.0 Å². The number of carbonyl (C=O) groups is 2. The second-order valence-electron chi connectivity index (χ2n) is 21.9. The first kappa shape index (κ1) is 54.1. The van der Waals surface area contributed by atoms with Crippen LogP contribution in [0.5, 0.6) is 11.5 Å². The second-order valence-corrected chi connectivity index (χ2v) is 24.5. The molecule has 1 saturated heterocycles. The zero-order valence-electron chi connectivity index (χ0n) is 43.4. The zero-order chi connectivity index (χ0) is 54.3. The van der Waals surface area contributed by atoms with Crippen molar-refractivity contribution >= 4 is 66.9 Å². The van der Waals surface area contributed by atoms with Crippen molar-refractivity contribution in [3.63, 3.8) is 0 Å². The standard InChI is InChI=1S/C56H63F2N7O9S2/c1-54(2)15-13-36(43(29-54)49-24-37(33-75-49)50-44(57)25-38(26-45(50)58)55(3,4)53(67)73-6)32-63-19-21-64(22-20-63)39-7-9-42(48(27-39)74-40-23-35-14-18-59-51(35)61-31-40)52(66)62-76(71,72)41-8-10-46(47(28-41)65(69)70)60-30-34-11-16-56(5,68)17-12-34/h7-10,14,18,23-28,31,33-34,60,68H,11-13,15-17,19-22,29-30,32H2,1-6H3,(H,59,61)(H,62,66)/t34-,56-. The summed E-state index contributed by atoms with van der Waals surface area (Å²) in [6, 6.07) is 16.2. The van der Waals surface area contributed by atoms with Crippen molar-refractivity contribution < 1.29 is 46.3 Å². The number of allylic oxidation sites excluding steroid dienone is 1. The fourth-order valence-corrected chi connectivity index (χ4v) is 12.4. The van der Waals surface area contributed by atoms with Crippen molar-refractivity contribution in [3.05, 3.63) is 128 Å². The number of rotatable bonds is 16. The fourth-order valence-electron chi connectivity index (χ4n) is 10.5. The molecule has 1 saturated carbocycles. The predicted octanol–water partition coefficient (Wildman–Crippen LogP) is 11.0. The van der Waals surface area contributed by atoms with Crippen LogP contribution in [0.1, 0.15) is 100 Å². The van der Waals surface area contributed by atoms with Crippen molar-refractivity contribution in [2.75, 3.05) is 56.6 Å². The van der Waals surface area contributed by atoms with Gasteiger partial charge in [-0.1, -0.05) is 19.4 Å². The predicted molar refractivity (Wildman–Crippen MR) is 289 cm³/mol. The molecule has 3 aromatic carbocycles. The quantitative estimate of drug-likeness (QED) is 0.0404. The van der Waals surface area contributed by atoms with Gasteiger partial charge in [0.1, 0.15) is 34.5 Å². The van der Waals surface area contributed by atoms with E-state index >= 15 is 8.78 Å². The number of aromatic amines is 1. The first-order valence-electron chi connectivity index (χ1n) is 25.4. The fraction of sp³-hybridized carbons (Fsp3) is 0.411. The Morgan fingerprint density at radius 2 is 1.71 bits per heavy atom. The molecule has 3 aliphatic rings. The molecular formula is C56H63F2N7O9S2. The average molecular weight is 1080 g/mol. The first-order chi connectivity index (χ1) is 36.0. The summed E-state index contributed by atoms with van der Waals surface area (Å²) in [6.07, 6.45) is 8.57. The number of piperazine rings is 1. The van der Waals surface area contributed by atoms with Crippen LogP contribution >= 0.6 is 11.3 Å². The van der Waals surface area contributed by atoms with E-state index in [1.165, 1.54) is 66.1 Å². The number of nitrogens with zero attached hydrogens (tertiary/aromatic N) is 4. The number of H-pyrrole nitrogens is 1. The lowest BCUT2D eigenvalue weighted by Gasteiger charge is -2.39. The van der Waals surface area contributed by atoms with Crippen LogP contribution in [-0.4, -0.2) is 97.2 Å². The third-order valence-corrected chi connectivity index (χ3v) is 17.6. The van der Waals surface area contributed by atoms with Crippen molar-refractivity contribution in [1.82, 2.24) is 19.6 Å². The van der Waals surface area contributed by atoms with Gasteiger partial charge >= 0.3 is 5.97 Å². The smallest absolute Gasteiger partial charge is 0.315 e. The number of aliphatic hydroxyl groups is 1. The van der Waals surface area contributed by atoms with Gasteiger partial charge in [-0.2, -0.15) is 0 Å². The molecule has 4 N–H and O–H groups in total. The SMILES string of the molecule is COC(=O)C(C)(C)c1cc(F)c(-c2csc(C3=C(CN4CCN(c5ccc(C(=O)NS(=O)(=O)c6ccc(NC[C@H]7CC[C@](C)(O)CC7)c([N+](=O)[O-])c6)c(Oc6cnc7[nH]ccc7c6)c5)CC4)CCC(C)(C)C3)c2)c(F)c1. The Morgan fingerprint density at radius 3 is 2.41 bits per heavy atom. The van der Waals surface area contributed by atoms with Crippen LogP contribution in [0.4, 0.5) is 25.8 Å². The van der Waals surface area contributed by atoms with E-state index in [0.717, 1.165) is 54.1 Å². The molecule has 1 aliphatic heterocycles. The number of aromatic nitrogens is 2. The van der Waals surface area contributed by atoms with E-state index in [2.05, 4.69) is 43.7 Å². The minimum Gasteiger partial charge on any atom is -0.468 e. The summed E-state index contributed by atoms with van der Waals surface area (Å²) < 4.78 is 72.5. The van der Waals surface area contributed by atoms with Gasteiger partial charge in [-0.3, -0.25) is 24.6 Å². The van der Waals surface area contributed by atoms with Gasteiger partial charge in [0.15, 0.2) is 0 Å². The first-order valence-corrected chi connectivity index (χ1v) is 27.8. The minimum absolute atomic E-state index is 0.0140. The number of hydrogen-bond donors (Lipinski definition) is 4. The van der Waals surface area contributed by atoms with Crippen molar-refractivity contribution in [2.24, 2.45) is 11.3 Å². The molecule has 20 heteroatoms. The monoisotopic (exact) mass is 1080 g/mol. The maximum absolute atomic E-state index is 15.8. The molecule has 2 fully saturated rings. The highest BCUT2D eigenvalue weighted by Gasteiger charge is 2.35. The Labute approximate surface area is 444 Å². The molecule has 0 spiro atoms. The number of benzene rings is 3. The lowest BCUT2D eigenvalue weighted by atomic mass is 9.73. The van der Waals surface area contributed by atoms with Crippen LogP contribution in [0.3, 0.4) is 0 Å². The molecule has 2 aliphatic carbocycles. The number of pyridine rings is 1. The maximum atomic E-state index is 15.8. The number of amides is 1. The summed E-state index contributed by atoms with van der Waals surface area (Å²) in [5.41, 5.74) is 1.90. The highest BCUT2D eigenvalue weighted by atomic mass is 32.2. The van der Waals surface area contributed by atoms with Crippen molar-refractivity contribution in [1.29, 1.82) is 0 Å². The van der Waals surface area contributed by atoms with Crippen LogP contribution in [0, 0.1) is 33.1 Å². The average Bonchev–Trinajstić information content (AvgIpc) is 4.06. The van der Waals surface area contributed by atoms with Gasteiger partial charge in [0, 0.05) is 73.5 Å². The van der Waals surface area contributed by atoms with Gasteiger partial charge in [-0.15, -0.1) is 11.3 Å². The van der Waals surface area contributed by atoms with Crippen LogP contribution in [-0.2, 0) is 25.0 Å². The second kappa shape index (κ2) is 21.4. The number of esters is 1. The molecule has 0 radical (unpaired) electrons. The van der Waals surface area contributed by atoms with E-state index in [9.17, 15) is 33.2 Å². The van der Waals surface area contributed by atoms with Gasteiger partial charge in [0.05, 0.1) is 45.3 Å². The zero-order valence-corrected chi connectivity index (χ0v) is 45.1.